The minimum atomic E-state index is -0.767. The Kier molecular flexibility index (Phi) is 4.10. The summed E-state index contributed by atoms with van der Waals surface area (Å²) in [6.45, 7) is 0.342. The Morgan fingerprint density at radius 1 is 1.10 bits per heavy atom. The van der Waals surface area contributed by atoms with Gasteiger partial charge in [-0.15, -0.1) is 0 Å². The molecule has 0 aliphatic rings. The van der Waals surface area contributed by atoms with Crippen molar-refractivity contribution in [2.75, 3.05) is 6.54 Å². The van der Waals surface area contributed by atoms with E-state index in [4.69, 9.17) is 10.2 Å². The van der Waals surface area contributed by atoms with Crippen LogP contribution in [0.4, 0.5) is 0 Å². The molecule has 2 unspecified atom stereocenters. The molecule has 0 fully saturated rings. The van der Waals surface area contributed by atoms with Crippen LogP contribution in [0.3, 0.4) is 0 Å². The van der Waals surface area contributed by atoms with E-state index in [1.54, 1.807) is 0 Å². The van der Waals surface area contributed by atoms with Crippen LogP contribution in [-0.2, 0) is 0 Å². The van der Waals surface area contributed by atoms with Crippen LogP contribution in [-0.4, -0.2) is 11.7 Å². The zero-order valence-corrected chi connectivity index (χ0v) is 13.0. The van der Waals surface area contributed by atoms with Gasteiger partial charge in [-0.2, -0.15) is 0 Å². The third kappa shape index (κ3) is 2.88. The fraction of sp³-hybridized carbons (Fsp3) is 0.176. The number of benzene rings is 2. The second-order valence-corrected chi connectivity index (χ2v) is 5.94. The number of hydrogen-bond donors (Lipinski definition) is 2. The van der Waals surface area contributed by atoms with Crippen molar-refractivity contribution >= 4 is 26.9 Å². The first kappa shape index (κ1) is 14.3. The van der Waals surface area contributed by atoms with Crippen molar-refractivity contribution in [3.63, 3.8) is 0 Å². The molecule has 4 heteroatoms. The Labute approximate surface area is 131 Å². The molecule has 21 heavy (non-hydrogen) atoms. The van der Waals surface area contributed by atoms with Gasteiger partial charge in [-0.05, 0) is 29.8 Å². The molecular weight excluding hydrogens is 330 g/mol. The van der Waals surface area contributed by atoms with Gasteiger partial charge in [0.25, 0.3) is 0 Å². The minimum absolute atomic E-state index is 0.205. The number of furan rings is 1. The van der Waals surface area contributed by atoms with Gasteiger partial charge < -0.3 is 15.3 Å². The van der Waals surface area contributed by atoms with Crippen molar-refractivity contribution in [1.29, 1.82) is 0 Å². The van der Waals surface area contributed by atoms with Crippen molar-refractivity contribution in [2.45, 2.75) is 12.0 Å². The monoisotopic (exact) mass is 345 g/mol. The van der Waals surface area contributed by atoms with Gasteiger partial charge in [0.15, 0.2) is 0 Å². The van der Waals surface area contributed by atoms with E-state index in [1.165, 1.54) is 0 Å². The summed E-state index contributed by atoms with van der Waals surface area (Å²) in [6, 6.07) is 17.4. The molecule has 0 spiro atoms. The standard InChI is InChI=1S/C17H16BrNO2/c18-13-6-3-5-11(8-13)14(10-19)17(20)16-9-12-4-1-2-7-15(12)21-16/h1-9,14,17,20H,10,19H2. The van der Waals surface area contributed by atoms with E-state index in [1.807, 2.05) is 54.6 Å². The maximum atomic E-state index is 10.6. The minimum Gasteiger partial charge on any atom is -0.458 e. The Bertz CT molecular complexity index is 720. The molecular formula is C17H16BrNO2. The van der Waals surface area contributed by atoms with Gasteiger partial charge in [0.2, 0.25) is 0 Å². The van der Waals surface area contributed by atoms with Crippen LogP contribution in [0.1, 0.15) is 23.3 Å². The molecule has 3 aromatic rings. The van der Waals surface area contributed by atoms with Gasteiger partial charge in [0, 0.05) is 22.3 Å². The van der Waals surface area contributed by atoms with Crippen molar-refractivity contribution in [3.8, 4) is 0 Å². The van der Waals surface area contributed by atoms with Crippen LogP contribution < -0.4 is 5.73 Å². The van der Waals surface area contributed by atoms with Crippen molar-refractivity contribution < 1.29 is 9.52 Å². The summed E-state index contributed by atoms with van der Waals surface area (Å²) in [4.78, 5) is 0. The lowest BCUT2D eigenvalue weighted by Gasteiger charge is -2.20. The second-order valence-electron chi connectivity index (χ2n) is 5.03. The van der Waals surface area contributed by atoms with Crippen LogP contribution in [0.5, 0.6) is 0 Å². The Balaban J connectivity index is 1.96. The van der Waals surface area contributed by atoms with E-state index in [2.05, 4.69) is 15.9 Å². The van der Waals surface area contributed by atoms with E-state index in [0.29, 0.717) is 12.3 Å². The van der Waals surface area contributed by atoms with E-state index in [0.717, 1.165) is 21.0 Å². The lowest BCUT2D eigenvalue weighted by Crippen LogP contribution is -2.19. The number of aliphatic hydroxyl groups excluding tert-OH is 1. The number of aliphatic hydroxyl groups is 1. The first-order valence-corrected chi connectivity index (χ1v) is 7.60. The molecule has 0 amide bonds. The molecule has 108 valence electrons. The third-order valence-electron chi connectivity index (χ3n) is 3.65. The molecule has 0 bridgehead atoms. The molecule has 0 aliphatic carbocycles. The highest BCUT2D eigenvalue weighted by atomic mass is 79.9. The van der Waals surface area contributed by atoms with E-state index >= 15 is 0 Å². The topological polar surface area (TPSA) is 59.4 Å². The molecule has 1 heterocycles. The number of fused-ring (bicyclic) bond motifs is 1. The highest BCUT2D eigenvalue weighted by Crippen LogP contribution is 2.34. The smallest absolute Gasteiger partial charge is 0.134 e. The third-order valence-corrected chi connectivity index (χ3v) is 4.14. The molecule has 1 aromatic heterocycles. The van der Waals surface area contributed by atoms with E-state index in [9.17, 15) is 5.11 Å². The summed E-state index contributed by atoms with van der Waals surface area (Å²) in [7, 11) is 0. The zero-order chi connectivity index (χ0) is 14.8. The van der Waals surface area contributed by atoms with Gasteiger partial charge >= 0.3 is 0 Å². The fourth-order valence-electron chi connectivity index (χ4n) is 2.53. The highest BCUT2D eigenvalue weighted by Gasteiger charge is 2.24. The van der Waals surface area contributed by atoms with Gasteiger partial charge in [-0.25, -0.2) is 0 Å². The molecule has 0 saturated heterocycles. The molecule has 2 atom stereocenters. The predicted molar refractivity (Wildman–Crippen MR) is 87.1 cm³/mol. The number of rotatable bonds is 4. The van der Waals surface area contributed by atoms with Crippen LogP contribution >= 0.6 is 15.9 Å². The summed E-state index contributed by atoms with van der Waals surface area (Å²) in [5, 5.41) is 11.6. The quantitative estimate of drug-likeness (QED) is 0.751. The van der Waals surface area contributed by atoms with Crippen LogP contribution in [0, 0.1) is 0 Å². The summed E-state index contributed by atoms with van der Waals surface area (Å²) in [5.74, 6) is 0.342. The van der Waals surface area contributed by atoms with Gasteiger partial charge in [-0.1, -0.05) is 46.3 Å². The maximum Gasteiger partial charge on any atom is 0.134 e. The normalized spacial score (nSPS) is 14.2. The van der Waals surface area contributed by atoms with Gasteiger partial charge in [-0.3, -0.25) is 0 Å². The first-order chi connectivity index (χ1) is 10.2. The van der Waals surface area contributed by atoms with Gasteiger partial charge in [0.1, 0.15) is 17.4 Å². The van der Waals surface area contributed by atoms with Crippen molar-refractivity contribution in [3.05, 3.63) is 70.4 Å². The second kappa shape index (κ2) is 6.02. The average molecular weight is 346 g/mol. The van der Waals surface area contributed by atoms with Crippen molar-refractivity contribution in [1.82, 2.24) is 0 Å². The zero-order valence-electron chi connectivity index (χ0n) is 11.4. The maximum absolute atomic E-state index is 10.6. The molecule has 3 N–H and O–H groups in total. The van der Waals surface area contributed by atoms with Crippen LogP contribution in [0.2, 0.25) is 0 Å². The molecule has 2 aromatic carbocycles. The number of hydrogen-bond acceptors (Lipinski definition) is 3. The largest absolute Gasteiger partial charge is 0.458 e. The van der Waals surface area contributed by atoms with Gasteiger partial charge in [0.05, 0.1) is 0 Å². The summed E-state index contributed by atoms with van der Waals surface area (Å²) < 4.78 is 6.71. The number of para-hydroxylation sites is 1. The molecule has 0 radical (unpaired) electrons. The molecule has 3 rings (SSSR count). The lowest BCUT2D eigenvalue weighted by atomic mass is 9.92. The Hall–Kier alpha value is -1.62. The number of nitrogens with two attached hydrogens (primary N) is 1. The molecule has 3 nitrogen and oxygen atoms in total. The average Bonchev–Trinajstić information content (AvgIpc) is 2.92. The lowest BCUT2D eigenvalue weighted by molar-refractivity contribution is 0.124. The predicted octanol–water partition coefficient (Wildman–Crippen LogP) is 3.97. The van der Waals surface area contributed by atoms with Crippen LogP contribution in [0.15, 0.2) is 63.5 Å². The fourth-order valence-corrected chi connectivity index (χ4v) is 2.95. The first-order valence-electron chi connectivity index (χ1n) is 6.81. The summed E-state index contributed by atoms with van der Waals surface area (Å²) >= 11 is 3.45. The summed E-state index contributed by atoms with van der Waals surface area (Å²) in [5.41, 5.74) is 7.63. The SMILES string of the molecule is NCC(c1cccc(Br)c1)C(O)c1cc2ccccc2o1. The van der Waals surface area contributed by atoms with Crippen LogP contribution in [0.25, 0.3) is 11.0 Å². The molecule has 0 saturated carbocycles. The number of halogens is 1. The van der Waals surface area contributed by atoms with E-state index < -0.39 is 6.10 Å². The Morgan fingerprint density at radius 2 is 1.90 bits per heavy atom. The van der Waals surface area contributed by atoms with Crippen molar-refractivity contribution in [2.24, 2.45) is 5.73 Å². The molecule has 0 aliphatic heterocycles. The Morgan fingerprint density at radius 3 is 2.62 bits per heavy atom. The summed E-state index contributed by atoms with van der Waals surface area (Å²) in [6.07, 6.45) is -0.767. The van der Waals surface area contributed by atoms with E-state index in [-0.39, 0.29) is 5.92 Å². The highest BCUT2D eigenvalue weighted by molar-refractivity contribution is 9.10.